The van der Waals surface area contributed by atoms with Crippen LogP contribution in [0, 0.1) is 5.92 Å². The number of amides is 2. The summed E-state index contributed by atoms with van der Waals surface area (Å²) in [5.41, 5.74) is 0.833. The molecule has 1 atom stereocenters. The maximum Gasteiger partial charge on any atom is 0.227 e. The molecule has 1 saturated heterocycles. The van der Waals surface area contributed by atoms with Crippen molar-refractivity contribution in [2.24, 2.45) is 5.92 Å². The Bertz CT molecular complexity index is 502. The second-order valence-corrected chi connectivity index (χ2v) is 5.96. The van der Waals surface area contributed by atoms with E-state index in [9.17, 15) is 9.59 Å². The molecule has 102 valence electrons. The monoisotopic (exact) mass is 324 g/mol. The van der Waals surface area contributed by atoms with Crippen molar-refractivity contribution in [1.29, 1.82) is 0 Å². The van der Waals surface area contributed by atoms with Gasteiger partial charge in [-0.1, -0.05) is 22.0 Å². The third-order valence-electron chi connectivity index (χ3n) is 3.05. The summed E-state index contributed by atoms with van der Waals surface area (Å²) in [4.78, 5) is 25.6. The van der Waals surface area contributed by atoms with E-state index in [1.165, 1.54) is 0 Å². The lowest BCUT2D eigenvalue weighted by Crippen LogP contribution is -2.36. The van der Waals surface area contributed by atoms with Gasteiger partial charge in [-0.3, -0.25) is 9.59 Å². The molecule has 1 aromatic carbocycles. The maximum absolute atomic E-state index is 12.0. The molecule has 1 aliphatic heterocycles. The molecule has 0 aliphatic carbocycles. The Balaban J connectivity index is 2.10. The predicted octanol–water partition coefficient (Wildman–Crippen LogP) is 2.33. The van der Waals surface area contributed by atoms with Crippen molar-refractivity contribution in [2.45, 2.75) is 26.3 Å². The summed E-state index contributed by atoms with van der Waals surface area (Å²) in [6.07, 6.45) is 0.283. The molecule has 2 rings (SSSR count). The Hall–Kier alpha value is -1.36. The van der Waals surface area contributed by atoms with Gasteiger partial charge < -0.3 is 10.2 Å². The summed E-state index contributed by atoms with van der Waals surface area (Å²) in [5.74, 6) is -0.295. The van der Waals surface area contributed by atoms with Gasteiger partial charge in [-0.25, -0.2) is 0 Å². The average Bonchev–Trinajstić information content (AvgIpc) is 2.70. The van der Waals surface area contributed by atoms with E-state index in [1.54, 1.807) is 4.90 Å². The molecule has 1 aliphatic rings. The number of carbonyl (C=O) groups is 2. The van der Waals surface area contributed by atoms with Gasteiger partial charge in [0.15, 0.2) is 0 Å². The third-order valence-corrected chi connectivity index (χ3v) is 3.54. The van der Waals surface area contributed by atoms with Gasteiger partial charge in [-0.05, 0) is 32.0 Å². The molecule has 1 fully saturated rings. The number of halogens is 1. The zero-order valence-corrected chi connectivity index (χ0v) is 12.6. The number of nitrogens with zero attached hydrogens (tertiary/aromatic N) is 1. The third kappa shape index (κ3) is 3.35. The molecule has 4 nitrogen and oxygen atoms in total. The number of carbonyl (C=O) groups excluding carboxylic acids is 2. The van der Waals surface area contributed by atoms with E-state index >= 15 is 0 Å². The molecule has 19 heavy (non-hydrogen) atoms. The number of benzene rings is 1. The second kappa shape index (κ2) is 5.74. The first-order chi connectivity index (χ1) is 8.97. The van der Waals surface area contributed by atoms with Crippen LogP contribution in [0.1, 0.15) is 20.3 Å². The largest absolute Gasteiger partial charge is 0.354 e. The molecule has 2 amide bonds. The highest BCUT2D eigenvalue weighted by molar-refractivity contribution is 9.10. The molecule has 1 heterocycles. The van der Waals surface area contributed by atoms with E-state index in [-0.39, 0.29) is 30.2 Å². The minimum atomic E-state index is -0.256. The van der Waals surface area contributed by atoms with Crippen molar-refractivity contribution in [3.05, 3.63) is 28.7 Å². The first-order valence-corrected chi connectivity index (χ1v) is 7.13. The topological polar surface area (TPSA) is 49.4 Å². The van der Waals surface area contributed by atoms with E-state index in [1.807, 2.05) is 38.1 Å². The molecular weight excluding hydrogens is 308 g/mol. The van der Waals surface area contributed by atoms with Crippen LogP contribution in [0.5, 0.6) is 0 Å². The van der Waals surface area contributed by atoms with Crippen LogP contribution in [-0.2, 0) is 9.59 Å². The minimum Gasteiger partial charge on any atom is -0.354 e. The normalized spacial score (nSPS) is 19.1. The summed E-state index contributed by atoms with van der Waals surface area (Å²) >= 11 is 3.39. The Morgan fingerprint density at radius 3 is 2.84 bits per heavy atom. The van der Waals surface area contributed by atoms with E-state index < -0.39 is 0 Å². The van der Waals surface area contributed by atoms with Gasteiger partial charge >= 0.3 is 0 Å². The molecule has 0 unspecified atom stereocenters. The molecule has 1 aromatic rings. The lowest BCUT2D eigenvalue weighted by Gasteiger charge is -2.17. The average molecular weight is 325 g/mol. The van der Waals surface area contributed by atoms with Crippen molar-refractivity contribution in [3.63, 3.8) is 0 Å². The SMILES string of the molecule is CC(C)NC(=O)[C@@H]1CC(=O)N(c2cccc(Br)c2)C1. The van der Waals surface area contributed by atoms with Crippen molar-refractivity contribution < 1.29 is 9.59 Å². The van der Waals surface area contributed by atoms with Gasteiger partial charge in [0.25, 0.3) is 0 Å². The summed E-state index contributed by atoms with van der Waals surface area (Å²) in [6, 6.07) is 7.66. The number of hydrogen-bond donors (Lipinski definition) is 1. The Morgan fingerprint density at radius 1 is 1.47 bits per heavy atom. The molecule has 0 aromatic heterocycles. The van der Waals surface area contributed by atoms with Crippen molar-refractivity contribution in [1.82, 2.24) is 5.32 Å². The summed E-state index contributed by atoms with van der Waals surface area (Å²) in [7, 11) is 0. The van der Waals surface area contributed by atoms with Gasteiger partial charge in [0.05, 0.1) is 5.92 Å². The predicted molar refractivity (Wildman–Crippen MR) is 77.9 cm³/mol. The van der Waals surface area contributed by atoms with Gasteiger partial charge in [0.2, 0.25) is 11.8 Å². The Labute approximate surface area is 121 Å². The number of hydrogen-bond acceptors (Lipinski definition) is 2. The van der Waals surface area contributed by atoms with Crippen LogP contribution in [0.4, 0.5) is 5.69 Å². The molecule has 1 N–H and O–H groups in total. The first-order valence-electron chi connectivity index (χ1n) is 6.33. The van der Waals surface area contributed by atoms with Crippen LogP contribution in [0.25, 0.3) is 0 Å². The van der Waals surface area contributed by atoms with Gasteiger partial charge in [0, 0.05) is 29.2 Å². The molecular formula is C14H17BrN2O2. The fourth-order valence-electron chi connectivity index (χ4n) is 2.18. The van der Waals surface area contributed by atoms with Crippen LogP contribution in [0.15, 0.2) is 28.7 Å². The highest BCUT2D eigenvalue weighted by Crippen LogP contribution is 2.27. The minimum absolute atomic E-state index is 0.00186. The first kappa shape index (κ1) is 14.1. The summed E-state index contributed by atoms with van der Waals surface area (Å²) in [5, 5.41) is 2.86. The zero-order valence-electron chi connectivity index (χ0n) is 11.0. The van der Waals surface area contributed by atoms with Gasteiger partial charge in [-0.15, -0.1) is 0 Å². The lowest BCUT2D eigenvalue weighted by molar-refractivity contribution is -0.126. The van der Waals surface area contributed by atoms with Crippen LogP contribution >= 0.6 is 15.9 Å². The highest BCUT2D eigenvalue weighted by atomic mass is 79.9. The van der Waals surface area contributed by atoms with Crippen LogP contribution < -0.4 is 10.2 Å². The molecule has 0 radical (unpaired) electrons. The van der Waals surface area contributed by atoms with Crippen LogP contribution in [0.2, 0.25) is 0 Å². The fraction of sp³-hybridized carbons (Fsp3) is 0.429. The van der Waals surface area contributed by atoms with Crippen molar-refractivity contribution in [3.8, 4) is 0 Å². The van der Waals surface area contributed by atoms with Gasteiger partial charge in [0.1, 0.15) is 0 Å². The van der Waals surface area contributed by atoms with E-state index in [2.05, 4.69) is 21.2 Å². The van der Waals surface area contributed by atoms with E-state index in [0.717, 1.165) is 10.2 Å². The number of rotatable bonds is 3. The molecule has 0 bridgehead atoms. The van der Waals surface area contributed by atoms with E-state index in [0.29, 0.717) is 6.54 Å². The molecule has 0 spiro atoms. The van der Waals surface area contributed by atoms with E-state index in [4.69, 9.17) is 0 Å². The second-order valence-electron chi connectivity index (χ2n) is 5.05. The lowest BCUT2D eigenvalue weighted by atomic mass is 10.1. The fourth-order valence-corrected chi connectivity index (χ4v) is 2.57. The van der Waals surface area contributed by atoms with Crippen LogP contribution in [-0.4, -0.2) is 24.4 Å². The zero-order chi connectivity index (χ0) is 14.0. The summed E-state index contributed by atoms with van der Waals surface area (Å²) in [6.45, 7) is 4.29. The summed E-state index contributed by atoms with van der Waals surface area (Å²) < 4.78 is 0.924. The Kier molecular flexibility index (Phi) is 4.24. The quantitative estimate of drug-likeness (QED) is 0.927. The smallest absolute Gasteiger partial charge is 0.227 e. The van der Waals surface area contributed by atoms with Crippen molar-refractivity contribution >= 4 is 33.4 Å². The van der Waals surface area contributed by atoms with Crippen molar-refractivity contribution in [2.75, 3.05) is 11.4 Å². The van der Waals surface area contributed by atoms with Gasteiger partial charge in [-0.2, -0.15) is 0 Å². The Morgan fingerprint density at radius 2 is 2.21 bits per heavy atom. The molecule has 0 saturated carbocycles. The van der Waals surface area contributed by atoms with Crippen LogP contribution in [0.3, 0.4) is 0 Å². The molecule has 5 heteroatoms. The highest BCUT2D eigenvalue weighted by Gasteiger charge is 2.35. The maximum atomic E-state index is 12.0. The number of anilines is 1. The standard InChI is InChI=1S/C14H17BrN2O2/c1-9(2)16-14(19)10-6-13(18)17(8-10)12-5-3-4-11(15)7-12/h3-5,7,9-10H,6,8H2,1-2H3,(H,16,19)/t10-/m1/s1. The number of nitrogens with one attached hydrogen (secondary N) is 1.